The van der Waals surface area contributed by atoms with Gasteiger partial charge in [-0.25, -0.2) is 0 Å². The molecular weight excluding hydrogens is 254 g/mol. The van der Waals surface area contributed by atoms with E-state index in [4.69, 9.17) is 6.42 Å². The van der Waals surface area contributed by atoms with E-state index in [9.17, 15) is 0 Å². The van der Waals surface area contributed by atoms with E-state index in [0.29, 0.717) is 6.54 Å². The van der Waals surface area contributed by atoms with Gasteiger partial charge in [0, 0.05) is 5.69 Å². The number of rotatable bonds is 4. The summed E-state index contributed by atoms with van der Waals surface area (Å²) in [5.41, 5.74) is 2.17. The fourth-order valence-electron chi connectivity index (χ4n) is 2.16. The highest BCUT2D eigenvalue weighted by molar-refractivity contribution is 5.52. The Labute approximate surface area is 126 Å². The van der Waals surface area contributed by atoms with Crippen LogP contribution in [0, 0.1) is 24.2 Å². The summed E-state index contributed by atoms with van der Waals surface area (Å²) >= 11 is 0. The van der Waals surface area contributed by atoms with Crippen molar-refractivity contribution in [1.82, 2.24) is 0 Å². The van der Waals surface area contributed by atoms with E-state index in [0.717, 1.165) is 11.3 Å². The summed E-state index contributed by atoms with van der Waals surface area (Å²) in [6, 6.07) is 20.1. The Morgan fingerprint density at radius 3 is 2.24 bits per heavy atom. The van der Waals surface area contributed by atoms with Gasteiger partial charge in [-0.3, -0.25) is 0 Å². The highest BCUT2D eigenvalue weighted by Crippen LogP contribution is 2.26. The second-order valence-electron chi connectivity index (χ2n) is 4.47. The zero-order valence-corrected chi connectivity index (χ0v) is 11.9. The summed E-state index contributed by atoms with van der Waals surface area (Å²) in [6.07, 6.45) is 7.16. The zero-order chi connectivity index (χ0) is 14.9. The van der Waals surface area contributed by atoms with Crippen molar-refractivity contribution in [2.45, 2.75) is 6.04 Å². The first-order valence-electron chi connectivity index (χ1n) is 6.79. The van der Waals surface area contributed by atoms with Crippen LogP contribution in [0.4, 0.5) is 5.69 Å². The molecule has 102 valence electrons. The van der Waals surface area contributed by atoms with Gasteiger partial charge in [-0.1, -0.05) is 72.9 Å². The standard InChI is InChI=1S/C20H17N/c1-3-5-16-20(18-12-8-6-9-13-18)21(17-4-2)19-14-10-7-11-15-19/h2-3,6-15,20H,1,17H2. The van der Waals surface area contributed by atoms with Crippen molar-refractivity contribution in [3.05, 3.63) is 78.9 Å². The minimum Gasteiger partial charge on any atom is -0.342 e. The minimum atomic E-state index is -0.0948. The lowest BCUT2D eigenvalue weighted by Gasteiger charge is -2.29. The fraction of sp³-hybridized carbons (Fsp3) is 0.100. The third-order valence-corrected chi connectivity index (χ3v) is 3.10. The average Bonchev–Trinajstić information content (AvgIpc) is 2.56. The molecular formula is C20H17N. The van der Waals surface area contributed by atoms with Gasteiger partial charge in [-0.05, 0) is 23.8 Å². The van der Waals surface area contributed by atoms with Gasteiger partial charge in [0.25, 0.3) is 0 Å². The van der Waals surface area contributed by atoms with Crippen LogP contribution >= 0.6 is 0 Å². The highest BCUT2D eigenvalue weighted by atomic mass is 15.2. The van der Waals surface area contributed by atoms with Gasteiger partial charge < -0.3 is 4.90 Å². The second kappa shape index (κ2) is 7.63. The summed E-state index contributed by atoms with van der Waals surface area (Å²) in [6.45, 7) is 4.17. The Hall–Kier alpha value is -2.90. The largest absolute Gasteiger partial charge is 0.342 e. The van der Waals surface area contributed by atoms with Crippen LogP contribution in [-0.4, -0.2) is 6.54 Å². The Morgan fingerprint density at radius 1 is 1.05 bits per heavy atom. The number of allylic oxidation sites excluding steroid dienone is 1. The molecule has 1 unspecified atom stereocenters. The molecule has 0 aliphatic heterocycles. The minimum absolute atomic E-state index is 0.0948. The molecule has 2 rings (SSSR count). The number of nitrogens with zero attached hydrogens (tertiary/aromatic N) is 1. The molecule has 1 heteroatoms. The fourth-order valence-corrected chi connectivity index (χ4v) is 2.16. The van der Waals surface area contributed by atoms with E-state index >= 15 is 0 Å². The summed E-state index contributed by atoms with van der Waals surface area (Å²) < 4.78 is 0. The van der Waals surface area contributed by atoms with Gasteiger partial charge in [0.2, 0.25) is 0 Å². The molecule has 0 amide bonds. The molecule has 1 atom stereocenters. The van der Waals surface area contributed by atoms with E-state index in [-0.39, 0.29) is 6.04 Å². The molecule has 2 aromatic rings. The lowest BCUT2D eigenvalue weighted by Crippen LogP contribution is -2.28. The third kappa shape index (κ3) is 3.78. The number of hydrogen-bond donors (Lipinski definition) is 0. The summed E-state index contributed by atoms with van der Waals surface area (Å²) in [5.74, 6) is 8.92. The molecule has 0 aromatic heterocycles. The molecule has 2 aromatic carbocycles. The maximum Gasteiger partial charge on any atom is 0.117 e. The molecule has 0 fully saturated rings. The molecule has 0 spiro atoms. The van der Waals surface area contributed by atoms with E-state index in [1.54, 1.807) is 6.08 Å². The first-order valence-corrected chi connectivity index (χ1v) is 6.79. The Bertz CT molecular complexity index is 669. The smallest absolute Gasteiger partial charge is 0.117 e. The molecule has 0 heterocycles. The van der Waals surface area contributed by atoms with E-state index in [1.165, 1.54) is 0 Å². The van der Waals surface area contributed by atoms with Gasteiger partial charge >= 0.3 is 0 Å². The van der Waals surface area contributed by atoms with Crippen LogP contribution in [0.2, 0.25) is 0 Å². The van der Waals surface area contributed by atoms with Crippen molar-refractivity contribution in [3.63, 3.8) is 0 Å². The van der Waals surface area contributed by atoms with Crippen LogP contribution in [0.25, 0.3) is 0 Å². The van der Waals surface area contributed by atoms with E-state index in [1.807, 2.05) is 48.5 Å². The Kier molecular flexibility index (Phi) is 5.27. The van der Waals surface area contributed by atoms with Gasteiger partial charge in [0.15, 0.2) is 0 Å². The van der Waals surface area contributed by atoms with Crippen LogP contribution < -0.4 is 4.90 Å². The molecule has 0 aliphatic carbocycles. The number of hydrogen-bond acceptors (Lipinski definition) is 1. The normalized spacial score (nSPS) is 10.6. The summed E-state index contributed by atoms with van der Waals surface area (Å²) in [4.78, 5) is 2.12. The van der Waals surface area contributed by atoms with Crippen LogP contribution in [0.1, 0.15) is 11.6 Å². The predicted molar refractivity (Wildman–Crippen MR) is 89.8 cm³/mol. The average molecular weight is 271 g/mol. The van der Waals surface area contributed by atoms with Crippen LogP contribution in [0.15, 0.2) is 73.3 Å². The van der Waals surface area contributed by atoms with Crippen molar-refractivity contribution in [3.8, 4) is 24.2 Å². The van der Waals surface area contributed by atoms with Crippen molar-refractivity contribution < 1.29 is 0 Å². The number of terminal acetylenes is 1. The van der Waals surface area contributed by atoms with Crippen molar-refractivity contribution in [1.29, 1.82) is 0 Å². The van der Waals surface area contributed by atoms with Gasteiger partial charge in [0.05, 0.1) is 6.54 Å². The monoisotopic (exact) mass is 271 g/mol. The lowest BCUT2D eigenvalue weighted by atomic mass is 10.0. The summed E-state index contributed by atoms with van der Waals surface area (Å²) in [5, 5.41) is 0. The lowest BCUT2D eigenvalue weighted by molar-refractivity contribution is 0.800. The second-order valence-corrected chi connectivity index (χ2v) is 4.47. The molecule has 0 saturated carbocycles. The molecule has 0 aliphatic rings. The SMILES string of the molecule is C#CCN(c1ccccc1)C(C#CC=C)c1ccccc1. The number of anilines is 1. The quantitative estimate of drug-likeness (QED) is 0.758. The topological polar surface area (TPSA) is 3.24 Å². The van der Waals surface area contributed by atoms with Crippen molar-refractivity contribution >= 4 is 5.69 Å². The molecule has 21 heavy (non-hydrogen) atoms. The number of benzene rings is 2. The molecule has 0 radical (unpaired) electrons. The first-order chi connectivity index (χ1) is 10.4. The first kappa shape index (κ1) is 14.5. The Balaban J connectivity index is 2.46. The maximum atomic E-state index is 5.55. The van der Waals surface area contributed by atoms with Crippen LogP contribution in [0.5, 0.6) is 0 Å². The number of para-hydroxylation sites is 1. The third-order valence-electron chi connectivity index (χ3n) is 3.10. The molecule has 1 nitrogen and oxygen atoms in total. The highest BCUT2D eigenvalue weighted by Gasteiger charge is 2.17. The zero-order valence-electron chi connectivity index (χ0n) is 11.9. The predicted octanol–water partition coefficient (Wildman–Crippen LogP) is 4.06. The van der Waals surface area contributed by atoms with Crippen molar-refractivity contribution in [2.75, 3.05) is 11.4 Å². The molecule has 0 bridgehead atoms. The van der Waals surface area contributed by atoms with Crippen molar-refractivity contribution in [2.24, 2.45) is 0 Å². The van der Waals surface area contributed by atoms with Gasteiger partial charge in [-0.2, -0.15) is 0 Å². The summed E-state index contributed by atoms with van der Waals surface area (Å²) in [7, 11) is 0. The van der Waals surface area contributed by atoms with E-state index < -0.39 is 0 Å². The van der Waals surface area contributed by atoms with E-state index in [2.05, 4.69) is 41.4 Å². The van der Waals surface area contributed by atoms with Crippen LogP contribution in [0.3, 0.4) is 0 Å². The maximum absolute atomic E-state index is 5.55. The van der Waals surface area contributed by atoms with Gasteiger partial charge in [0.1, 0.15) is 6.04 Å². The van der Waals surface area contributed by atoms with Crippen LogP contribution in [-0.2, 0) is 0 Å². The van der Waals surface area contributed by atoms with Gasteiger partial charge in [-0.15, -0.1) is 6.42 Å². The Morgan fingerprint density at radius 2 is 1.67 bits per heavy atom. The molecule has 0 saturated heterocycles. The molecule has 0 N–H and O–H groups in total.